The van der Waals surface area contributed by atoms with Crippen molar-refractivity contribution in [1.29, 1.82) is 0 Å². The van der Waals surface area contributed by atoms with Gasteiger partial charge in [0, 0.05) is 26.2 Å². The minimum atomic E-state index is -3.68. The summed E-state index contributed by atoms with van der Waals surface area (Å²) in [6.07, 6.45) is 0. The molecule has 0 bridgehead atoms. The number of nitrogens with zero attached hydrogens (tertiary/aromatic N) is 6. The van der Waals surface area contributed by atoms with Gasteiger partial charge in [-0.2, -0.15) is 13.7 Å². The van der Waals surface area contributed by atoms with Crippen LogP contribution in [-0.2, 0) is 16.7 Å². The van der Waals surface area contributed by atoms with Crippen molar-refractivity contribution in [3.05, 3.63) is 70.9 Å². The molecule has 0 unspecified atom stereocenters. The fourth-order valence-electron chi connectivity index (χ4n) is 3.15. The van der Waals surface area contributed by atoms with Gasteiger partial charge in [0.25, 0.3) is 0 Å². The Labute approximate surface area is 166 Å². The van der Waals surface area contributed by atoms with Gasteiger partial charge in [-0.25, -0.2) is 17.6 Å². The van der Waals surface area contributed by atoms with E-state index < -0.39 is 15.8 Å². The van der Waals surface area contributed by atoms with E-state index in [2.05, 4.69) is 10.4 Å². The van der Waals surface area contributed by atoms with E-state index in [4.69, 9.17) is 0 Å². The van der Waals surface area contributed by atoms with E-state index >= 15 is 0 Å². The van der Waals surface area contributed by atoms with Gasteiger partial charge in [0.15, 0.2) is 0 Å². The van der Waals surface area contributed by atoms with Crippen molar-refractivity contribution in [3.63, 3.8) is 0 Å². The van der Waals surface area contributed by atoms with Crippen LogP contribution in [0.5, 0.6) is 0 Å². The highest BCUT2D eigenvalue weighted by Crippen LogP contribution is 2.18. The Kier molecular flexibility index (Phi) is 5.26. The first-order valence-corrected chi connectivity index (χ1v) is 10.5. The Morgan fingerprint density at radius 1 is 0.897 bits per heavy atom. The van der Waals surface area contributed by atoms with Crippen molar-refractivity contribution in [2.24, 2.45) is 0 Å². The predicted octanol–water partition coefficient (Wildman–Crippen LogP) is 0.532. The first-order chi connectivity index (χ1) is 13.9. The molecule has 1 aliphatic rings. The molecule has 152 valence electrons. The minimum absolute atomic E-state index is 0.0642. The number of rotatable bonds is 5. The van der Waals surface area contributed by atoms with E-state index in [1.54, 1.807) is 12.1 Å². The first-order valence-electron chi connectivity index (χ1n) is 9.01. The number of sulfonamides is 1. The third kappa shape index (κ3) is 3.97. The standard InChI is InChI=1S/C18H19FN6O3S/c19-15-6-8-17(9-7-15)29(27,28)23-12-10-22(11-13-23)14-24-18(26)25(21-20-24)16-4-2-1-3-5-16/h1-9H,10-14H2. The third-order valence-electron chi connectivity index (χ3n) is 4.76. The molecule has 0 amide bonds. The maximum Gasteiger partial charge on any atom is 0.369 e. The normalized spacial score (nSPS) is 16.2. The second kappa shape index (κ2) is 7.85. The quantitative estimate of drug-likeness (QED) is 0.600. The lowest BCUT2D eigenvalue weighted by molar-refractivity contribution is 0.142. The van der Waals surface area contributed by atoms with E-state index in [1.807, 2.05) is 23.1 Å². The average Bonchev–Trinajstić information content (AvgIpc) is 3.09. The van der Waals surface area contributed by atoms with Crippen molar-refractivity contribution in [2.45, 2.75) is 11.6 Å². The van der Waals surface area contributed by atoms with Crippen LogP contribution in [0.1, 0.15) is 0 Å². The van der Waals surface area contributed by atoms with Crippen LogP contribution in [-0.4, -0.2) is 63.6 Å². The van der Waals surface area contributed by atoms with Crippen LogP contribution in [0.25, 0.3) is 5.69 Å². The van der Waals surface area contributed by atoms with Crippen LogP contribution < -0.4 is 5.69 Å². The van der Waals surface area contributed by atoms with Gasteiger partial charge in [-0.15, -0.1) is 0 Å². The number of piperazine rings is 1. The van der Waals surface area contributed by atoms with Crippen molar-refractivity contribution < 1.29 is 12.8 Å². The zero-order chi connectivity index (χ0) is 20.4. The summed E-state index contributed by atoms with van der Waals surface area (Å²) in [5.41, 5.74) is 0.261. The molecule has 1 fully saturated rings. The molecule has 1 saturated heterocycles. The number of hydrogen-bond acceptors (Lipinski definition) is 6. The van der Waals surface area contributed by atoms with E-state index in [0.29, 0.717) is 18.8 Å². The summed E-state index contributed by atoms with van der Waals surface area (Å²) in [7, 11) is -3.68. The average molecular weight is 418 g/mol. The molecule has 0 N–H and O–H groups in total. The molecule has 0 aliphatic carbocycles. The summed E-state index contributed by atoms with van der Waals surface area (Å²) >= 11 is 0. The highest BCUT2D eigenvalue weighted by molar-refractivity contribution is 7.89. The summed E-state index contributed by atoms with van der Waals surface area (Å²) in [6.45, 7) is 1.62. The third-order valence-corrected chi connectivity index (χ3v) is 6.67. The fourth-order valence-corrected chi connectivity index (χ4v) is 4.57. The number of aromatic nitrogens is 4. The zero-order valence-corrected chi connectivity index (χ0v) is 16.2. The van der Waals surface area contributed by atoms with Gasteiger partial charge >= 0.3 is 5.69 Å². The molecule has 2 heterocycles. The number of hydrogen-bond donors (Lipinski definition) is 0. The van der Waals surface area contributed by atoms with Crippen molar-refractivity contribution >= 4 is 10.0 Å². The van der Waals surface area contributed by atoms with E-state index in [-0.39, 0.29) is 30.3 Å². The molecule has 2 aromatic carbocycles. The summed E-state index contributed by atoms with van der Waals surface area (Å²) in [5, 5.41) is 7.82. The summed E-state index contributed by atoms with van der Waals surface area (Å²) in [4.78, 5) is 14.5. The SMILES string of the molecule is O=c1n(CN2CCN(S(=O)(=O)c3ccc(F)cc3)CC2)nnn1-c1ccccc1. The molecule has 9 nitrogen and oxygen atoms in total. The maximum atomic E-state index is 13.1. The van der Waals surface area contributed by atoms with Gasteiger partial charge < -0.3 is 0 Å². The van der Waals surface area contributed by atoms with E-state index in [9.17, 15) is 17.6 Å². The summed E-state index contributed by atoms with van der Waals surface area (Å²) in [5.74, 6) is -0.484. The van der Waals surface area contributed by atoms with E-state index in [0.717, 1.165) is 12.1 Å². The van der Waals surface area contributed by atoms with Crippen LogP contribution in [0, 0.1) is 5.82 Å². The minimum Gasteiger partial charge on any atom is -0.282 e. The van der Waals surface area contributed by atoms with Crippen LogP contribution >= 0.6 is 0 Å². The lowest BCUT2D eigenvalue weighted by Gasteiger charge is -2.33. The van der Waals surface area contributed by atoms with Gasteiger partial charge in [-0.3, -0.25) is 4.90 Å². The molecule has 0 radical (unpaired) electrons. The first kappa shape index (κ1) is 19.4. The Hall–Kier alpha value is -2.89. The fraction of sp³-hybridized carbons (Fsp3) is 0.278. The Balaban J connectivity index is 1.41. The maximum absolute atomic E-state index is 13.1. The highest BCUT2D eigenvalue weighted by atomic mass is 32.2. The molecule has 1 aliphatic heterocycles. The molecule has 3 aromatic rings. The molecular formula is C18H19FN6O3S. The largest absolute Gasteiger partial charge is 0.369 e. The number of halogens is 1. The molecule has 0 atom stereocenters. The lowest BCUT2D eigenvalue weighted by Crippen LogP contribution is -2.49. The van der Waals surface area contributed by atoms with Crippen LogP contribution in [0.3, 0.4) is 0 Å². The van der Waals surface area contributed by atoms with Crippen molar-refractivity contribution in [2.75, 3.05) is 26.2 Å². The Morgan fingerprint density at radius 3 is 2.21 bits per heavy atom. The summed E-state index contributed by atoms with van der Waals surface area (Å²) < 4.78 is 42.3. The van der Waals surface area contributed by atoms with Crippen LogP contribution in [0.4, 0.5) is 4.39 Å². The molecule has 4 rings (SSSR count). The van der Waals surface area contributed by atoms with Crippen LogP contribution in [0.2, 0.25) is 0 Å². The Bertz CT molecular complexity index is 1140. The number of para-hydroxylation sites is 1. The molecule has 29 heavy (non-hydrogen) atoms. The van der Waals surface area contributed by atoms with Crippen molar-refractivity contribution in [1.82, 2.24) is 29.0 Å². The highest BCUT2D eigenvalue weighted by Gasteiger charge is 2.29. The van der Waals surface area contributed by atoms with Crippen LogP contribution in [0.15, 0.2) is 64.3 Å². The monoisotopic (exact) mass is 418 g/mol. The zero-order valence-electron chi connectivity index (χ0n) is 15.4. The molecule has 1 aromatic heterocycles. The molecule has 11 heteroatoms. The van der Waals surface area contributed by atoms with Gasteiger partial charge in [0.2, 0.25) is 10.0 Å². The smallest absolute Gasteiger partial charge is 0.282 e. The second-order valence-electron chi connectivity index (χ2n) is 6.63. The molecular weight excluding hydrogens is 399 g/mol. The molecule has 0 spiro atoms. The number of benzene rings is 2. The van der Waals surface area contributed by atoms with E-state index in [1.165, 1.54) is 25.8 Å². The van der Waals surface area contributed by atoms with Gasteiger partial charge in [0.05, 0.1) is 10.6 Å². The molecule has 0 saturated carbocycles. The van der Waals surface area contributed by atoms with Crippen molar-refractivity contribution in [3.8, 4) is 5.69 Å². The lowest BCUT2D eigenvalue weighted by atomic mass is 10.3. The second-order valence-corrected chi connectivity index (χ2v) is 8.56. The van der Waals surface area contributed by atoms with Gasteiger partial charge in [-0.05, 0) is 46.8 Å². The Morgan fingerprint density at radius 2 is 1.55 bits per heavy atom. The van der Waals surface area contributed by atoms with Gasteiger partial charge in [0.1, 0.15) is 12.5 Å². The number of tetrazole rings is 1. The predicted molar refractivity (Wildman–Crippen MR) is 102 cm³/mol. The van der Waals surface area contributed by atoms with Gasteiger partial charge in [-0.1, -0.05) is 18.2 Å². The summed E-state index contributed by atoms with van der Waals surface area (Å²) in [6, 6.07) is 13.8. The topological polar surface area (TPSA) is 93.3 Å².